The van der Waals surface area contributed by atoms with Crippen molar-refractivity contribution in [1.29, 1.82) is 0 Å². The molecule has 0 spiro atoms. The van der Waals surface area contributed by atoms with Crippen LogP contribution in [0.25, 0.3) is 10.9 Å². The van der Waals surface area contributed by atoms with Crippen molar-refractivity contribution in [2.24, 2.45) is 0 Å². The monoisotopic (exact) mass is 311 g/mol. The molecule has 0 aliphatic carbocycles. The maximum atomic E-state index is 11.9. The van der Waals surface area contributed by atoms with Crippen LogP contribution in [-0.2, 0) is 11.3 Å². The largest absolute Gasteiger partial charge is 0.464 e. The van der Waals surface area contributed by atoms with Crippen molar-refractivity contribution in [3.05, 3.63) is 69.9 Å². The topological polar surface area (TPSA) is 87.3 Å². The van der Waals surface area contributed by atoms with Crippen LogP contribution in [0.3, 0.4) is 0 Å². The van der Waals surface area contributed by atoms with Gasteiger partial charge in [-0.3, -0.25) is 14.8 Å². The van der Waals surface area contributed by atoms with Gasteiger partial charge in [0.1, 0.15) is 0 Å². The Morgan fingerprint density at radius 3 is 2.65 bits per heavy atom. The fourth-order valence-electron chi connectivity index (χ4n) is 2.41. The molecule has 1 aromatic heterocycles. The molecule has 7 nitrogen and oxygen atoms in total. The Morgan fingerprint density at radius 2 is 2.00 bits per heavy atom. The van der Waals surface area contributed by atoms with Gasteiger partial charge in [-0.25, -0.2) is 4.79 Å². The lowest BCUT2D eigenvalue weighted by Gasteiger charge is -2.03. The number of methoxy groups -OCH3 is 1. The van der Waals surface area contributed by atoms with E-state index in [0.717, 1.165) is 5.56 Å². The van der Waals surface area contributed by atoms with Gasteiger partial charge in [0.05, 0.1) is 24.1 Å². The van der Waals surface area contributed by atoms with Gasteiger partial charge in [-0.05, 0) is 11.6 Å². The van der Waals surface area contributed by atoms with Crippen LogP contribution in [0.4, 0.5) is 5.69 Å². The van der Waals surface area contributed by atoms with Crippen molar-refractivity contribution in [1.82, 2.24) is 9.78 Å². The molecule has 0 saturated heterocycles. The average molecular weight is 311 g/mol. The van der Waals surface area contributed by atoms with Crippen LogP contribution in [0.5, 0.6) is 0 Å². The highest BCUT2D eigenvalue weighted by Crippen LogP contribution is 2.25. The van der Waals surface area contributed by atoms with E-state index in [-0.39, 0.29) is 11.4 Å². The summed E-state index contributed by atoms with van der Waals surface area (Å²) in [4.78, 5) is 22.4. The van der Waals surface area contributed by atoms with Crippen molar-refractivity contribution in [2.45, 2.75) is 6.54 Å². The Kier molecular flexibility index (Phi) is 3.76. The highest BCUT2D eigenvalue weighted by atomic mass is 16.6. The lowest BCUT2D eigenvalue weighted by atomic mass is 10.2. The molecule has 0 saturated carbocycles. The van der Waals surface area contributed by atoms with Gasteiger partial charge in [0.25, 0.3) is 5.69 Å². The minimum Gasteiger partial charge on any atom is -0.464 e. The number of aromatic nitrogens is 2. The number of nitro benzene ring substituents is 1. The first-order valence-electron chi connectivity index (χ1n) is 6.87. The number of carbonyl (C=O) groups is 1. The predicted octanol–water partition coefficient (Wildman–Crippen LogP) is 2.78. The Balaban J connectivity index is 2.15. The lowest BCUT2D eigenvalue weighted by Crippen LogP contribution is -2.06. The highest BCUT2D eigenvalue weighted by molar-refractivity contribution is 6.02. The molecule has 2 aromatic carbocycles. The van der Waals surface area contributed by atoms with E-state index in [2.05, 4.69) is 5.10 Å². The molecule has 0 unspecified atom stereocenters. The zero-order valence-electron chi connectivity index (χ0n) is 12.3. The average Bonchev–Trinajstić information content (AvgIpc) is 2.93. The lowest BCUT2D eigenvalue weighted by molar-refractivity contribution is -0.384. The number of hydrogen-bond donors (Lipinski definition) is 0. The zero-order valence-corrected chi connectivity index (χ0v) is 12.3. The molecule has 0 radical (unpaired) electrons. The molecule has 0 amide bonds. The van der Waals surface area contributed by atoms with Crippen molar-refractivity contribution < 1.29 is 14.5 Å². The minimum absolute atomic E-state index is 0.0714. The van der Waals surface area contributed by atoms with E-state index in [9.17, 15) is 14.9 Å². The highest BCUT2D eigenvalue weighted by Gasteiger charge is 2.20. The van der Waals surface area contributed by atoms with Gasteiger partial charge < -0.3 is 4.74 Å². The van der Waals surface area contributed by atoms with E-state index in [1.807, 2.05) is 30.3 Å². The molecule has 7 heteroatoms. The Hall–Kier alpha value is -3.22. The van der Waals surface area contributed by atoms with Crippen LogP contribution in [0.1, 0.15) is 16.1 Å². The number of rotatable bonds is 4. The molecule has 0 N–H and O–H groups in total. The first kappa shape index (κ1) is 14.7. The van der Waals surface area contributed by atoms with Gasteiger partial charge in [-0.15, -0.1) is 0 Å². The van der Waals surface area contributed by atoms with Gasteiger partial charge in [0.15, 0.2) is 5.69 Å². The smallest absolute Gasteiger partial charge is 0.359 e. The number of hydrogen-bond acceptors (Lipinski definition) is 5. The Labute approximate surface area is 131 Å². The third kappa shape index (κ3) is 2.76. The number of esters is 1. The van der Waals surface area contributed by atoms with E-state index in [1.165, 1.54) is 19.2 Å². The van der Waals surface area contributed by atoms with Crippen molar-refractivity contribution in [2.75, 3.05) is 7.11 Å². The van der Waals surface area contributed by atoms with Crippen LogP contribution in [-0.4, -0.2) is 27.8 Å². The molecule has 0 bridgehead atoms. The number of nitrogens with zero attached hydrogens (tertiary/aromatic N) is 3. The van der Waals surface area contributed by atoms with Crippen LogP contribution in [0, 0.1) is 10.1 Å². The van der Waals surface area contributed by atoms with Crippen molar-refractivity contribution >= 4 is 22.6 Å². The fraction of sp³-hybridized carbons (Fsp3) is 0.125. The molecule has 1 heterocycles. The molecule has 0 fully saturated rings. The quantitative estimate of drug-likeness (QED) is 0.420. The van der Waals surface area contributed by atoms with Gasteiger partial charge in [0.2, 0.25) is 0 Å². The number of nitro groups is 1. The summed E-state index contributed by atoms with van der Waals surface area (Å²) in [6, 6.07) is 13.9. The summed E-state index contributed by atoms with van der Waals surface area (Å²) < 4.78 is 6.36. The summed E-state index contributed by atoms with van der Waals surface area (Å²) in [5.41, 5.74) is 1.62. The number of fused-ring (bicyclic) bond motifs is 1. The molecule has 3 aromatic rings. The van der Waals surface area contributed by atoms with Crippen LogP contribution in [0.2, 0.25) is 0 Å². The SMILES string of the molecule is COC(=O)c1nn(Cc2ccccc2)c2ccc([N+](=O)[O-])cc12. The fourth-order valence-corrected chi connectivity index (χ4v) is 2.41. The number of carbonyl (C=O) groups excluding carboxylic acids is 1. The van der Waals surface area contributed by atoms with E-state index < -0.39 is 10.9 Å². The summed E-state index contributed by atoms with van der Waals surface area (Å²) in [5, 5.41) is 15.6. The van der Waals surface area contributed by atoms with Crippen LogP contribution < -0.4 is 0 Å². The molecular formula is C16H13N3O4. The maximum Gasteiger partial charge on any atom is 0.359 e. The normalized spacial score (nSPS) is 10.7. The summed E-state index contributed by atoms with van der Waals surface area (Å²) in [7, 11) is 1.25. The number of ether oxygens (including phenoxy) is 1. The molecule has 0 aliphatic heterocycles. The summed E-state index contributed by atoms with van der Waals surface area (Å²) in [6.07, 6.45) is 0. The number of benzene rings is 2. The second-order valence-electron chi connectivity index (χ2n) is 4.94. The first-order chi connectivity index (χ1) is 11.1. The molecule has 23 heavy (non-hydrogen) atoms. The van der Waals surface area contributed by atoms with E-state index in [4.69, 9.17) is 4.74 Å². The second kappa shape index (κ2) is 5.88. The molecule has 0 aliphatic rings. The summed E-state index contributed by atoms with van der Waals surface area (Å²) >= 11 is 0. The first-order valence-corrected chi connectivity index (χ1v) is 6.87. The van der Waals surface area contributed by atoms with Crippen molar-refractivity contribution in [3.63, 3.8) is 0 Å². The summed E-state index contributed by atoms with van der Waals surface area (Å²) in [5.74, 6) is -0.623. The van der Waals surface area contributed by atoms with Crippen LogP contribution in [0.15, 0.2) is 48.5 Å². The Bertz CT molecular complexity index is 887. The zero-order chi connectivity index (χ0) is 16.4. The Morgan fingerprint density at radius 1 is 1.26 bits per heavy atom. The minimum atomic E-state index is -0.623. The van der Waals surface area contributed by atoms with Gasteiger partial charge in [-0.2, -0.15) is 5.10 Å². The molecule has 3 rings (SSSR count). The van der Waals surface area contributed by atoms with Gasteiger partial charge in [0, 0.05) is 17.5 Å². The maximum absolute atomic E-state index is 11.9. The van der Waals surface area contributed by atoms with E-state index >= 15 is 0 Å². The molecule has 116 valence electrons. The molecular weight excluding hydrogens is 298 g/mol. The van der Waals surface area contributed by atoms with Crippen molar-refractivity contribution in [3.8, 4) is 0 Å². The van der Waals surface area contributed by atoms with E-state index in [1.54, 1.807) is 10.7 Å². The molecule has 0 atom stereocenters. The standard InChI is InChI=1S/C16H13N3O4/c1-23-16(20)15-13-9-12(19(21)22)7-8-14(13)18(17-15)10-11-5-3-2-4-6-11/h2-9H,10H2,1H3. The van der Waals surface area contributed by atoms with Gasteiger partial charge >= 0.3 is 5.97 Å². The summed E-state index contributed by atoms with van der Waals surface area (Å²) in [6.45, 7) is 0.451. The van der Waals surface area contributed by atoms with Crippen LogP contribution >= 0.6 is 0 Å². The van der Waals surface area contributed by atoms with E-state index in [0.29, 0.717) is 17.4 Å². The third-order valence-electron chi connectivity index (χ3n) is 3.50. The third-order valence-corrected chi connectivity index (χ3v) is 3.50. The number of non-ortho nitro benzene ring substituents is 1. The second-order valence-corrected chi connectivity index (χ2v) is 4.94. The predicted molar refractivity (Wildman–Crippen MR) is 83.3 cm³/mol. The van der Waals surface area contributed by atoms with Gasteiger partial charge in [-0.1, -0.05) is 30.3 Å².